The quantitative estimate of drug-likeness (QED) is 0.341. The van der Waals surface area contributed by atoms with E-state index in [0.29, 0.717) is 17.6 Å². The van der Waals surface area contributed by atoms with Gasteiger partial charge in [0.05, 0.1) is 16.6 Å². The van der Waals surface area contributed by atoms with Gasteiger partial charge in [-0.3, -0.25) is 4.40 Å². The van der Waals surface area contributed by atoms with Gasteiger partial charge < -0.3 is 10.2 Å². The minimum Gasteiger partial charge on any atom is -0.378 e. The van der Waals surface area contributed by atoms with Crippen LogP contribution in [-0.2, 0) is 6.42 Å². The lowest BCUT2D eigenvalue weighted by Crippen LogP contribution is -2.10. The van der Waals surface area contributed by atoms with Crippen LogP contribution in [-0.4, -0.2) is 23.5 Å². The first-order valence-electron chi connectivity index (χ1n) is 11.4. The maximum atomic E-state index is 10.1. The van der Waals surface area contributed by atoms with Crippen molar-refractivity contribution >= 4 is 33.9 Å². The molecule has 0 atom stereocenters. The first-order chi connectivity index (χ1) is 16.5. The second kappa shape index (κ2) is 8.57. The van der Waals surface area contributed by atoms with Crippen LogP contribution >= 0.6 is 0 Å². The molecule has 0 fully saturated rings. The highest BCUT2D eigenvalue weighted by molar-refractivity contribution is 5.87. The molecule has 0 aliphatic carbocycles. The van der Waals surface area contributed by atoms with Crippen LogP contribution in [0.2, 0.25) is 0 Å². The van der Waals surface area contributed by atoms with E-state index in [0.717, 1.165) is 39.4 Å². The second-order valence-corrected chi connectivity index (χ2v) is 8.87. The number of fused-ring (bicyclic) bond motifs is 3. The van der Waals surface area contributed by atoms with Gasteiger partial charge >= 0.3 is 0 Å². The Labute approximate surface area is 199 Å². The second-order valence-electron chi connectivity index (χ2n) is 8.87. The normalized spacial score (nSPS) is 11.0. The number of aryl methyl sites for hydroxylation is 1. The third kappa shape index (κ3) is 3.64. The van der Waals surface area contributed by atoms with Gasteiger partial charge in [0, 0.05) is 37.5 Å². The Morgan fingerprint density at radius 2 is 1.65 bits per heavy atom. The summed E-state index contributed by atoms with van der Waals surface area (Å²) in [7, 11) is 4.07. The molecule has 0 radical (unpaired) electrons. The van der Waals surface area contributed by atoms with Crippen molar-refractivity contribution in [2.45, 2.75) is 20.3 Å². The monoisotopic (exact) mass is 445 g/mol. The van der Waals surface area contributed by atoms with Crippen molar-refractivity contribution in [1.82, 2.24) is 9.38 Å². The van der Waals surface area contributed by atoms with Crippen LogP contribution in [0.15, 0.2) is 72.8 Å². The molecule has 0 saturated heterocycles. The van der Waals surface area contributed by atoms with Crippen LogP contribution in [0, 0.1) is 25.2 Å². The number of anilines is 3. The fourth-order valence-corrected chi connectivity index (χ4v) is 4.51. The van der Waals surface area contributed by atoms with E-state index >= 15 is 0 Å². The molecule has 2 aromatic heterocycles. The zero-order valence-corrected chi connectivity index (χ0v) is 19.9. The SMILES string of the molecule is Cc1ccccc1Cc1c(C)c(C#N)c2nc3ccccc3n2c1Nc1ccc(N(C)C)cc1. The molecule has 5 rings (SSSR count). The van der Waals surface area contributed by atoms with Crippen molar-refractivity contribution in [3.05, 3.63) is 101 Å². The van der Waals surface area contributed by atoms with Crippen LogP contribution < -0.4 is 10.2 Å². The number of para-hydroxylation sites is 2. The fraction of sp³-hybridized carbons (Fsp3) is 0.172. The molecule has 34 heavy (non-hydrogen) atoms. The number of imidazole rings is 1. The molecular weight excluding hydrogens is 418 g/mol. The summed E-state index contributed by atoms with van der Waals surface area (Å²) in [4.78, 5) is 6.93. The van der Waals surface area contributed by atoms with E-state index < -0.39 is 0 Å². The summed E-state index contributed by atoms with van der Waals surface area (Å²) in [6.45, 7) is 4.17. The predicted octanol–water partition coefficient (Wildman–Crippen LogP) is 6.38. The van der Waals surface area contributed by atoms with Crippen molar-refractivity contribution in [3.8, 4) is 6.07 Å². The van der Waals surface area contributed by atoms with E-state index in [1.165, 1.54) is 11.1 Å². The third-order valence-corrected chi connectivity index (χ3v) is 6.51. The molecule has 5 aromatic rings. The summed E-state index contributed by atoms with van der Waals surface area (Å²) in [5, 5.41) is 13.8. The van der Waals surface area contributed by atoms with E-state index in [2.05, 4.69) is 82.2 Å². The lowest BCUT2D eigenvalue weighted by molar-refractivity contribution is 1.07. The number of pyridine rings is 1. The average Bonchev–Trinajstić information content (AvgIpc) is 3.22. The molecule has 168 valence electrons. The van der Waals surface area contributed by atoms with Crippen molar-refractivity contribution in [2.75, 3.05) is 24.3 Å². The molecule has 0 aliphatic rings. The number of nitrogens with one attached hydrogen (secondary N) is 1. The van der Waals surface area contributed by atoms with Gasteiger partial charge in [0.2, 0.25) is 0 Å². The molecule has 5 nitrogen and oxygen atoms in total. The van der Waals surface area contributed by atoms with Gasteiger partial charge in [-0.1, -0.05) is 36.4 Å². The summed E-state index contributed by atoms with van der Waals surface area (Å²) in [5.74, 6) is 0.945. The highest BCUT2D eigenvalue weighted by Gasteiger charge is 2.21. The number of hydrogen-bond acceptors (Lipinski definition) is 4. The Balaban J connectivity index is 1.79. The van der Waals surface area contributed by atoms with Crippen LogP contribution in [0.1, 0.15) is 27.8 Å². The number of aromatic nitrogens is 2. The Kier molecular flexibility index (Phi) is 5.43. The molecule has 0 aliphatic heterocycles. The molecule has 0 unspecified atom stereocenters. The van der Waals surface area contributed by atoms with E-state index in [-0.39, 0.29) is 0 Å². The number of nitriles is 1. The van der Waals surface area contributed by atoms with Gasteiger partial charge in [0.25, 0.3) is 0 Å². The van der Waals surface area contributed by atoms with Crippen LogP contribution in [0.4, 0.5) is 17.2 Å². The smallest absolute Gasteiger partial charge is 0.157 e. The molecule has 2 heterocycles. The van der Waals surface area contributed by atoms with Gasteiger partial charge in [0.1, 0.15) is 11.9 Å². The van der Waals surface area contributed by atoms with Gasteiger partial charge in [-0.25, -0.2) is 4.98 Å². The van der Waals surface area contributed by atoms with Crippen molar-refractivity contribution < 1.29 is 0 Å². The van der Waals surface area contributed by atoms with Crippen LogP contribution in [0.5, 0.6) is 0 Å². The molecular formula is C29H27N5. The summed E-state index contributed by atoms with van der Waals surface area (Å²) >= 11 is 0. The lowest BCUT2D eigenvalue weighted by Gasteiger charge is -2.20. The maximum absolute atomic E-state index is 10.1. The van der Waals surface area contributed by atoms with E-state index in [1.54, 1.807) is 0 Å². The van der Waals surface area contributed by atoms with Crippen molar-refractivity contribution in [1.29, 1.82) is 5.26 Å². The molecule has 3 aromatic carbocycles. The minimum absolute atomic E-state index is 0.619. The predicted molar refractivity (Wildman–Crippen MR) is 140 cm³/mol. The summed E-state index contributed by atoms with van der Waals surface area (Å²) in [5.41, 5.74) is 9.81. The van der Waals surface area contributed by atoms with Crippen molar-refractivity contribution in [3.63, 3.8) is 0 Å². The molecule has 0 spiro atoms. The first-order valence-corrected chi connectivity index (χ1v) is 11.4. The zero-order valence-electron chi connectivity index (χ0n) is 19.9. The highest BCUT2D eigenvalue weighted by Crippen LogP contribution is 2.34. The zero-order chi connectivity index (χ0) is 23.8. The van der Waals surface area contributed by atoms with Crippen LogP contribution in [0.3, 0.4) is 0 Å². The Bertz CT molecular complexity index is 1550. The number of hydrogen-bond donors (Lipinski definition) is 1. The van der Waals surface area contributed by atoms with Gasteiger partial charge in [-0.2, -0.15) is 5.26 Å². The third-order valence-electron chi connectivity index (χ3n) is 6.51. The average molecular weight is 446 g/mol. The molecule has 5 heteroatoms. The number of benzene rings is 3. The van der Waals surface area contributed by atoms with Crippen molar-refractivity contribution in [2.24, 2.45) is 0 Å². The molecule has 0 amide bonds. The van der Waals surface area contributed by atoms with Gasteiger partial charge in [0.15, 0.2) is 5.65 Å². The Hall–Kier alpha value is -4.30. The van der Waals surface area contributed by atoms with Crippen LogP contribution in [0.25, 0.3) is 16.7 Å². The van der Waals surface area contributed by atoms with Gasteiger partial charge in [-0.05, 0) is 66.9 Å². The van der Waals surface area contributed by atoms with E-state index in [4.69, 9.17) is 4.98 Å². The lowest BCUT2D eigenvalue weighted by atomic mass is 9.95. The fourth-order valence-electron chi connectivity index (χ4n) is 4.51. The first kappa shape index (κ1) is 21.5. The largest absolute Gasteiger partial charge is 0.378 e. The number of nitrogens with zero attached hydrogens (tertiary/aromatic N) is 4. The Morgan fingerprint density at radius 3 is 2.35 bits per heavy atom. The summed E-state index contributed by atoms with van der Waals surface area (Å²) < 4.78 is 2.11. The molecule has 0 bridgehead atoms. The van der Waals surface area contributed by atoms with E-state index in [9.17, 15) is 5.26 Å². The Morgan fingerprint density at radius 1 is 0.941 bits per heavy atom. The summed E-state index contributed by atoms with van der Waals surface area (Å²) in [6, 6.07) is 27.3. The van der Waals surface area contributed by atoms with Gasteiger partial charge in [-0.15, -0.1) is 0 Å². The topological polar surface area (TPSA) is 56.4 Å². The highest BCUT2D eigenvalue weighted by atomic mass is 15.1. The molecule has 0 saturated carbocycles. The standard InChI is InChI=1S/C29H27N5/c1-19-9-5-6-10-21(19)17-24-20(2)25(18-30)29-32-26-11-7-8-12-27(26)34(29)28(24)31-22-13-15-23(16-14-22)33(3)4/h5-16,31H,17H2,1-4H3. The minimum atomic E-state index is 0.619. The summed E-state index contributed by atoms with van der Waals surface area (Å²) in [6.07, 6.45) is 0.716. The number of rotatable bonds is 5. The maximum Gasteiger partial charge on any atom is 0.157 e. The van der Waals surface area contributed by atoms with E-state index in [1.807, 2.05) is 39.2 Å². The molecule has 1 N–H and O–H groups in total.